The van der Waals surface area contributed by atoms with E-state index in [0.717, 1.165) is 24.4 Å². The Morgan fingerprint density at radius 2 is 2.05 bits per heavy atom. The molecule has 0 atom stereocenters. The van der Waals surface area contributed by atoms with Crippen LogP contribution in [0.25, 0.3) is 5.65 Å². The summed E-state index contributed by atoms with van der Waals surface area (Å²) in [4.78, 5) is 0. The van der Waals surface area contributed by atoms with Crippen LogP contribution >= 0.6 is 0 Å². The molecule has 1 aliphatic carbocycles. The van der Waals surface area contributed by atoms with E-state index in [0.29, 0.717) is 5.92 Å². The number of likely N-dealkylation sites (N-methyl/N-ethyl adjacent to an activating group) is 1. The van der Waals surface area contributed by atoms with E-state index in [9.17, 15) is 0 Å². The van der Waals surface area contributed by atoms with Crippen molar-refractivity contribution in [2.45, 2.75) is 44.4 Å². The van der Waals surface area contributed by atoms with Gasteiger partial charge in [0.2, 0.25) is 0 Å². The molecule has 102 valence electrons. The van der Waals surface area contributed by atoms with E-state index in [-0.39, 0.29) is 0 Å². The van der Waals surface area contributed by atoms with Crippen LogP contribution in [0.3, 0.4) is 0 Å². The monoisotopic (exact) mass is 259 g/mol. The Kier molecular flexibility index (Phi) is 3.73. The highest BCUT2D eigenvalue weighted by atomic mass is 15.4. The number of rotatable bonds is 4. The van der Waals surface area contributed by atoms with Crippen LogP contribution in [0.4, 0.5) is 0 Å². The van der Waals surface area contributed by atoms with Gasteiger partial charge in [0.05, 0.1) is 5.69 Å². The van der Waals surface area contributed by atoms with Crippen LogP contribution in [-0.2, 0) is 6.42 Å². The Hall–Kier alpha value is -1.49. The van der Waals surface area contributed by atoms with Crippen LogP contribution in [0, 0.1) is 0 Å². The quantitative estimate of drug-likeness (QED) is 0.911. The number of fused-ring (bicyclic) bond motifs is 1. The summed E-state index contributed by atoms with van der Waals surface area (Å²) in [6, 6.07) is 4.18. The zero-order valence-corrected chi connectivity index (χ0v) is 11.5. The van der Waals surface area contributed by atoms with E-state index in [1.807, 2.05) is 17.6 Å². The molecule has 3 rings (SSSR count). The fraction of sp³-hybridized carbons (Fsp3) is 0.643. The van der Waals surface area contributed by atoms with Gasteiger partial charge < -0.3 is 5.32 Å². The molecule has 5 nitrogen and oxygen atoms in total. The largest absolute Gasteiger partial charge is 0.319 e. The molecule has 1 fully saturated rings. The molecule has 0 aliphatic heterocycles. The maximum atomic E-state index is 4.78. The maximum absolute atomic E-state index is 4.78. The Labute approximate surface area is 113 Å². The number of nitrogens with zero attached hydrogens (tertiary/aromatic N) is 4. The van der Waals surface area contributed by atoms with Crippen LogP contribution in [-0.4, -0.2) is 33.4 Å². The van der Waals surface area contributed by atoms with Crippen molar-refractivity contribution in [1.29, 1.82) is 0 Å². The molecular formula is C14H21N5. The van der Waals surface area contributed by atoms with Crippen molar-refractivity contribution >= 4 is 5.65 Å². The summed E-state index contributed by atoms with van der Waals surface area (Å²) in [5.74, 6) is 1.57. The molecule has 2 aromatic rings. The van der Waals surface area contributed by atoms with Crippen molar-refractivity contribution in [3.63, 3.8) is 0 Å². The highest BCUT2D eigenvalue weighted by molar-refractivity contribution is 5.36. The predicted molar refractivity (Wildman–Crippen MR) is 74.2 cm³/mol. The van der Waals surface area contributed by atoms with Gasteiger partial charge in [-0.3, -0.25) is 0 Å². The second-order valence-corrected chi connectivity index (χ2v) is 5.33. The van der Waals surface area contributed by atoms with Gasteiger partial charge in [-0.2, -0.15) is 9.61 Å². The van der Waals surface area contributed by atoms with E-state index in [2.05, 4.69) is 21.6 Å². The second kappa shape index (κ2) is 5.65. The molecule has 0 unspecified atom stereocenters. The predicted octanol–water partition coefficient (Wildman–Crippen LogP) is 1.93. The van der Waals surface area contributed by atoms with Crippen LogP contribution in [0.15, 0.2) is 12.1 Å². The minimum Gasteiger partial charge on any atom is -0.319 e. The molecule has 1 N–H and O–H groups in total. The van der Waals surface area contributed by atoms with E-state index < -0.39 is 0 Å². The van der Waals surface area contributed by atoms with E-state index in [1.54, 1.807) is 0 Å². The SMILES string of the molecule is CNCCc1nnc2ccc(C3CCCCC3)nn12. The van der Waals surface area contributed by atoms with Crippen LogP contribution in [0.2, 0.25) is 0 Å². The first-order chi connectivity index (χ1) is 9.38. The first-order valence-corrected chi connectivity index (χ1v) is 7.24. The molecule has 0 amide bonds. The Bertz CT molecular complexity index is 542. The summed E-state index contributed by atoms with van der Waals surface area (Å²) in [7, 11) is 1.95. The molecule has 0 bridgehead atoms. The molecule has 1 aliphatic rings. The molecule has 1 saturated carbocycles. The average Bonchev–Trinajstić information content (AvgIpc) is 2.88. The third-order valence-electron chi connectivity index (χ3n) is 3.97. The number of aromatic nitrogens is 4. The summed E-state index contributed by atoms with van der Waals surface area (Å²) >= 11 is 0. The molecule has 0 aromatic carbocycles. The summed E-state index contributed by atoms with van der Waals surface area (Å²) in [6.07, 6.45) is 7.44. The van der Waals surface area contributed by atoms with Gasteiger partial charge in [0.15, 0.2) is 11.5 Å². The van der Waals surface area contributed by atoms with Crippen molar-refractivity contribution in [1.82, 2.24) is 25.1 Å². The van der Waals surface area contributed by atoms with E-state index in [1.165, 1.54) is 37.8 Å². The van der Waals surface area contributed by atoms with Crippen molar-refractivity contribution < 1.29 is 0 Å². The van der Waals surface area contributed by atoms with Gasteiger partial charge in [-0.25, -0.2) is 0 Å². The Balaban J connectivity index is 1.89. The lowest BCUT2D eigenvalue weighted by atomic mass is 9.87. The highest BCUT2D eigenvalue weighted by Crippen LogP contribution is 2.31. The standard InChI is InChI=1S/C14H21N5/c1-15-10-9-14-17-16-13-8-7-12(18-19(13)14)11-5-3-2-4-6-11/h7-8,11,15H,2-6,9-10H2,1H3. The van der Waals surface area contributed by atoms with Crippen molar-refractivity contribution in [3.05, 3.63) is 23.7 Å². The van der Waals surface area contributed by atoms with Crippen LogP contribution < -0.4 is 5.32 Å². The van der Waals surface area contributed by atoms with Gasteiger partial charge in [-0.05, 0) is 32.0 Å². The fourth-order valence-electron chi connectivity index (χ4n) is 2.86. The molecule has 19 heavy (non-hydrogen) atoms. The van der Waals surface area contributed by atoms with Crippen molar-refractivity contribution in [3.8, 4) is 0 Å². The molecule has 0 saturated heterocycles. The summed E-state index contributed by atoms with van der Waals surface area (Å²) in [6.45, 7) is 0.899. The minimum absolute atomic E-state index is 0.623. The smallest absolute Gasteiger partial charge is 0.177 e. The third-order valence-corrected chi connectivity index (χ3v) is 3.97. The number of hydrogen-bond acceptors (Lipinski definition) is 4. The van der Waals surface area contributed by atoms with Gasteiger partial charge in [-0.15, -0.1) is 10.2 Å². The lowest BCUT2D eigenvalue weighted by Crippen LogP contribution is -2.14. The highest BCUT2D eigenvalue weighted by Gasteiger charge is 2.18. The normalized spacial score (nSPS) is 17.1. The van der Waals surface area contributed by atoms with E-state index >= 15 is 0 Å². The fourth-order valence-corrected chi connectivity index (χ4v) is 2.86. The van der Waals surface area contributed by atoms with Crippen LogP contribution in [0.5, 0.6) is 0 Å². The lowest BCUT2D eigenvalue weighted by molar-refractivity contribution is 0.432. The molecule has 0 spiro atoms. The maximum Gasteiger partial charge on any atom is 0.177 e. The van der Waals surface area contributed by atoms with E-state index in [4.69, 9.17) is 5.10 Å². The summed E-state index contributed by atoms with van der Waals surface area (Å²) in [5, 5.41) is 16.3. The lowest BCUT2D eigenvalue weighted by Gasteiger charge is -2.20. The topological polar surface area (TPSA) is 55.1 Å². The van der Waals surface area contributed by atoms with Gasteiger partial charge >= 0.3 is 0 Å². The zero-order chi connectivity index (χ0) is 13.1. The molecule has 2 heterocycles. The number of hydrogen-bond donors (Lipinski definition) is 1. The van der Waals surface area contributed by atoms with Crippen molar-refractivity contribution in [2.75, 3.05) is 13.6 Å². The Morgan fingerprint density at radius 1 is 1.21 bits per heavy atom. The molecule has 2 aromatic heterocycles. The minimum atomic E-state index is 0.623. The van der Waals surface area contributed by atoms with Crippen LogP contribution in [0.1, 0.15) is 49.5 Å². The second-order valence-electron chi connectivity index (χ2n) is 5.33. The van der Waals surface area contributed by atoms with Gasteiger partial charge in [-0.1, -0.05) is 19.3 Å². The summed E-state index contributed by atoms with van der Waals surface area (Å²) < 4.78 is 1.92. The van der Waals surface area contributed by atoms with Crippen molar-refractivity contribution in [2.24, 2.45) is 0 Å². The zero-order valence-electron chi connectivity index (χ0n) is 11.5. The number of nitrogens with one attached hydrogen (secondary N) is 1. The first kappa shape index (κ1) is 12.5. The first-order valence-electron chi connectivity index (χ1n) is 7.24. The molecule has 0 radical (unpaired) electrons. The molecular weight excluding hydrogens is 238 g/mol. The summed E-state index contributed by atoms with van der Waals surface area (Å²) in [5.41, 5.74) is 2.06. The average molecular weight is 259 g/mol. The van der Waals surface area contributed by atoms with Gasteiger partial charge in [0.1, 0.15) is 0 Å². The van der Waals surface area contributed by atoms with Gasteiger partial charge in [0.25, 0.3) is 0 Å². The Morgan fingerprint density at radius 3 is 2.84 bits per heavy atom. The van der Waals surface area contributed by atoms with Gasteiger partial charge in [0, 0.05) is 18.9 Å². The third kappa shape index (κ3) is 2.61. The molecule has 5 heteroatoms.